The third kappa shape index (κ3) is 6.34. The van der Waals surface area contributed by atoms with E-state index in [0.717, 1.165) is 49.9 Å². The normalized spacial score (nSPS) is 15.1. The zero-order valence-electron chi connectivity index (χ0n) is 16.2. The van der Waals surface area contributed by atoms with Crippen LogP contribution < -0.4 is 14.8 Å². The largest absolute Gasteiger partial charge is 0.482 e. The number of carbonyl (C=O) groups excluding carboxylic acids is 1. The number of benzene rings is 2. The van der Waals surface area contributed by atoms with Crippen LogP contribution in [0.15, 0.2) is 47.4 Å². The number of hydrogen-bond donors (Lipinski definition) is 2. The van der Waals surface area contributed by atoms with E-state index in [2.05, 4.69) is 10.0 Å². The molecule has 0 unspecified atom stereocenters. The average Bonchev–Trinajstić information content (AvgIpc) is 3.19. The maximum absolute atomic E-state index is 12.6. The molecular formula is C20H20ClF3N2O4S. The Kier molecular flexibility index (Phi) is 7.13. The first kappa shape index (κ1) is 23.4. The van der Waals surface area contributed by atoms with Crippen LogP contribution >= 0.6 is 11.6 Å². The molecule has 168 valence electrons. The molecule has 0 atom stereocenters. The van der Waals surface area contributed by atoms with Crippen LogP contribution in [0.1, 0.15) is 31.2 Å². The molecule has 1 aliphatic carbocycles. The molecule has 0 aliphatic heterocycles. The highest BCUT2D eigenvalue weighted by Crippen LogP contribution is 2.30. The molecule has 0 spiro atoms. The summed E-state index contributed by atoms with van der Waals surface area (Å²) in [6.45, 7) is -0.465. The number of anilines is 1. The van der Waals surface area contributed by atoms with Gasteiger partial charge in [0.15, 0.2) is 6.61 Å². The number of nitrogens with one attached hydrogen (secondary N) is 2. The number of sulfonamides is 1. The molecule has 1 saturated carbocycles. The second kappa shape index (κ2) is 9.46. The van der Waals surface area contributed by atoms with E-state index < -0.39 is 34.3 Å². The molecule has 3 rings (SSSR count). The van der Waals surface area contributed by atoms with Crippen molar-refractivity contribution in [3.63, 3.8) is 0 Å². The Morgan fingerprint density at radius 3 is 2.32 bits per heavy atom. The Hall–Kier alpha value is -2.30. The molecule has 2 aromatic carbocycles. The van der Waals surface area contributed by atoms with E-state index in [9.17, 15) is 26.4 Å². The van der Waals surface area contributed by atoms with E-state index in [1.807, 2.05) is 0 Å². The third-order valence-electron chi connectivity index (χ3n) is 4.75. The molecule has 2 N–H and O–H groups in total. The molecule has 6 nitrogen and oxygen atoms in total. The summed E-state index contributed by atoms with van der Waals surface area (Å²) in [4.78, 5) is 12.0. The zero-order valence-corrected chi connectivity index (χ0v) is 17.8. The Morgan fingerprint density at radius 1 is 1.10 bits per heavy atom. The van der Waals surface area contributed by atoms with Crippen molar-refractivity contribution >= 4 is 33.2 Å². The van der Waals surface area contributed by atoms with Gasteiger partial charge in [-0.05, 0) is 55.3 Å². The standard InChI is InChI=1S/C20H20ClF3N2O4S/c21-17-11-16(31(28,29)26-15-3-1-2-4-15)9-10-18(17)30-12-19(27)25-14-7-5-13(6-8-14)20(22,23)24/h5-11,15,26H,1-4,12H2,(H,25,27). The van der Waals surface area contributed by atoms with Crippen molar-refractivity contribution < 1.29 is 31.1 Å². The van der Waals surface area contributed by atoms with Crippen molar-refractivity contribution in [2.75, 3.05) is 11.9 Å². The van der Waals surface area contributed by atoms with E-state index in [4.69, 9.17) is 16.3 Å². The highest BCUT2D eigenvalue weighted by Gasteiger charge is 2.30. The first-order chi connectivity index (χ1) is 14.5. The average molecular weight is 477 g/mol. The topological polar surface area (TPSA) is 84.5 Å². The summed E-state index contributed by atoms with van der Waals surface area (Å²) in [6, 6.07) is 7.78. The zero-order chi connectivity index (χ0) is 22.6. The fraction of sp³-hybridized carbons (Fsp3) is 0.350. The maximum Gasteiger partial charge on any atom is 0.416 e. The van der Waals surface area contributed by atoms with Gasteiger partial charge in [0.1, 0.15) is 5.75 Å². The lowest BCUT2D eigenvalue weighted by Gasteiger charge is -2.14. The highest BCUT2D eigenvalue weighted by molar-refractivity contribution is 7.89. The molecule has 0 heterocycles. The summed E-state index contributed by atoms with van der Waals surface area (Å²) in [7, 11) is -3.72. The first-order valence-electron chi connectivity index (χ1n) is 9.46. The lowest BCUT2D eigenvalue weighted by atomic mass is 10.2. The van der Waals surface area contributed by atoms with Crippen molar-refractivity contribution in [1.29, 1.82) is 0 Å². The van der Waals surface area contributed by atoms with Gasteiger partial charge in [-0.3, -0.25) is 4.79 Å². The van der Waals surface area contributed by atoms with Gasteiger partial charge in [-0.1, -0.05) is 24.4 Å². The molecule has 1 fully saturated rings. The van der Waals surface area contributed by atoms with E-state index in [-0.39, 0.29) is 27.4 Å². The lowest BCUT2D eigenvalue weighted by molar-refractivity contribution is -0.137. The molecule has 1 amide bonds. The Balaban J connectivity index is 1.57. The maximum atomic E-state index is 12.6. The van der Waals surface area contributed by atoms with Gasteiger partial charge in [-0.2, -0.15) is 13.2 Å². The summed E-state index contributed by atoms with van der Waals surface area (Å²) in [6.07, 6.45) is -0.913. The van der Waals surface area contributed by atoms with E-state index in [1.165, 1.54) is 18.2 Å². The van der Waals surface area contributed by atoms with Crippen LogP contribution in [0.4, 0.5) is 18.9 Å². The van der Waals surface area contributed by atoms with Crippen LogP contribution in [-0.4, -0.2) is 27.0 Å². The van der Waals surface area contributed by atoms with Gasteiger partial charge >= 0.3 is 6.18 Å². The van der Waals surface area contributed by atoms with E-state index >= 15 is 0 Å². The molecule has 0 radical (unpaired) electrons. The molecule has 11 heteroatoms. The van der Waals surface area contributed by atoms with Gasteiger partial charge in [-0.15, -0.1) is 0 Å². The van der Waals surface area contributed by atoms with Gasteiger partial charge < -0.3 is 10.1 Å². The summed E-state index contributed by atoms with van der Waals surface area (Å²) < 4.78 is 70.6. The Bertz CT molecular complexity index is 1040. The van der Waals surface area contributed by atoms with Crippen LogP contribution in [0.5, 0.6) is 5.75 Å². The van der Waals surface area contributed by atoms with E-state index in [0.29, 0.717) is 0 Å². The quantitative estimate of drug-likeness (QED) is 0.611. The Morgan fingerprint density at radius 2 is 1.74 bits per heavy atom. The van der Waals surface area contributed by atoms with Crippen LogP contribution in [0.2, 0.25) is 5.02 Å². The number of halogens is 4. The van der Waals surface area contributed by atoms with E-state index in [1.54, 1.807) is 0 Å². The van der Waals surface area contributed by atoms with Gasteiger partial charge in [0.05, 0.1) is 15.5 Å². The van der Waals surface area contributed by atoms with Crippen molar-refractivity contribution in [2.45, 2.75) is 42.8 Å². The summed E-state index contributed by atoms with van der Waals surface area (Å²) >= 11 is 6.10. The highest BCUT2D eigenvalue weighted by atomic mass is 35.5. The van der Waals surface area contributed by atoms with Gasteiger partial charge in [0.2, 0.25) is 10.0 Å². The van der Waals surface area contributed by atoms with Crippen molar-refractivity contribution in [3.05, 3.63) is 53.1 Å². The summed E-state index contributed by atoms with van der Waals surface area (Å²) in [5.41, 5.74) is -0.655. The van der Waals surface area contributed by atoms with Gasteiger partial charge in [0.25, 0.3) is 5.91 Å². The second-order valence-corrected chi connectivity index (χ2v) is 9.23. The summed E-state index contributed by atoms with van der Waals surface area (Å²) in [5.74, 6) is -0.514. The molecule has 0 bridgehead atoms. The molecular weight excluding hydrogens is 457 g/mol. The third-order valence-corrected chi connectivity index (χ3v) is 6.56. The second-order valence-electron chi connectivity index (χ2n) is 7.11. The molecule has 2 aromatic rings. The Labute approximate surface area is 182 Å². The predicted molar refractivity (Wildman–Crippen MR) is 110 cm³/mol. The van der Waals surface area contributed by atoms with Crippen molar-refractivity contribution in [3.8, 4) is 5.75 Å². The number of rotatable bonds is 7. The minimum atomic E-state index is -4.46. The number of alkyl halides is 3. The minimum absolute atomic E-state index is 0.00837. The molecule has 0 saturated heterocycles. The number of hydrogen-bond acceptors (Lipinski definition) is 4. The van der Waals surface area contributed by atoms with Crippen LogP contribution in [0.3, 0.4) is 0 Å². The fourth-order valence-electron chi connectivity index (χ4n) is 3.18. The number of carbonyl (C=O) groups is 1. The van der Waals surface area contributed by atoms with Gasteiger partial charge in [0, 0.05) is 11.7 Å². The number of ether oxygens (including phenoxy) is 1. The fourth-order valence-corrected chi connectivity index (χ4v) is 4.81. The smallest absolute Gasteiger partial charge is 0.416 e. The molecule has 31 heavy (non-hydrogen) atoms. The SMILES string of the molecule is O=C(COc1ccc(S(=O)(=O)NC2CCCC2)cc1Cl)Nc1ccc(C(F)(F)F)cc1. The first-order valence-corrected chi connectivity index (χ1v) is 11.3. The predicted octanol–water partition coefficient (Wildman–Crippen LogP) is 4.60. The lowest BCUT2D eigenvalue weighted by Crippen LogP contribution is -2.32. The van der Waals surface area contributed by atoms with Crippen LogP contribution in [-0.2, 0) is 21.0 Å². The minimum Gasteiger partial charge on any atom is -0.482 e. The molecule has 0 aromatic heterocycles. The van der Waals surface area contributed by atoms with Crippen LogP contribution in [0, 0.1) is 0 Å². The van der Waals surface area contributed by atoms with Gasteiger partial charge in [-0.25, -0.2) is 13.1 Å². The summed E-state index contributed by atoms with van der Waals surface area (Å²) in [5, 5.41) is 2.42. The van der Waals surface area contributed by atoms with Crippen LogP contribution in [0.25, 0.3) is 0 Å². The number of amides is 1. The monoisotopic (exact) mass is 476 g/mol. The van der Waals surface area contributed by atoms with Crippen molar-refractivity contribution in [2.24, 2.45) is 0 Å². The van der Waals surface area contributed by atoms with Crippen molar-refractivity contribution in [1.82, 2.24) is 4.72 Å². The molecule has 1 aliphatic rings.